The lowest BCUT2D eigenvalue weighted by Gasteiger charge is -2.04. The SMILES string of the molecule is C=CCSCCNC(=O)c1ccnc(Br)c1. The van der Waals surface area contributed by atoms with Crippen LogP contribution in [0, 0.1) is 0 Å². The fraction of sp³-hybridized carbons (Fsp3) is 0.273. The monoisotopic (exact) mass is 300 g/mol. The second kappa shape index (κ2) is 7.46. The average molecular weight is 301 g/mol. The Balaban J connectivity index is 2.32. The van der Waals surface area contributed by atoms with Gasteiger partial charge in [0.15, 0.2) is 0 Å². The molecule has 0 aliphatic rings. The minimum atomic E-state index is -0.0673. The summed E-state index contributed by atoms with van der Waals surface area (Å²) in [5.74, 6) is 1.74. The number of hydrogen-bond donors (Lipinski definition) is 1. The van der Waals surface area contributed by atoms with Gasteiger partial charge in [0, 0.05) is 29.8 Å². The minimum absolute atomic E-state index is 0.0673. The van der Waals surface area contributed by atoms with Crippen LogP contribution in [0.4, 0.5) is 0 Å². The molecule has 0 aliphatic heterocycles. The van der Waals surface area contributed by atoms with E-state index >= 15 is 0 Å². The Kier molecular flexibility index (Phi) is 6.18. The van der Waals surface area contributed by atoms with E-state index in [0.717, 1.165) is 11.5 Å². The molecule has 0 unspecified atom stereocenters. The molecule has 1 aromatic rings. The predicted octanol–water partition coefficient (Wildman–Crippen LogP) is 2.49. The molecule has 0 atom stereocenters. The van der Waals surface area contributed by atoms with Crippen LogP contribution in [0.5, 0.6) is 0 Å². The molecule has 0 aromatic carbocycles. The quantitative estimate of drug-likeness (QED) is 0.499. The van der Waals surface area contributed by atoms with Gasteiger partial charge in [-0.05, 0) is 28.1 Å². The number of nitrogens with one attached hydrogen (secondary N) is 1. The first kappa shape index (κ1) is 13.3. The van der Waals surface area contributed by atoms with E-state index in [1.807, 2.05) is 6.08 Å². The summed E-state index contributed by atoms with van der Waals surface area (Å²) in [6.07, 6.45) is 3.46. The average Bonchev–Trinajstić information content (AvgIpc) is 2.28. The van der Waals surface area contributed by atoms with Crippen LogP contribution in [0.2, 0.25) is 0 Å². The van der Waals surface area contributed by atoms with Crippen molar-refractivity contribution in [3.8, 4) is 0 Å². The summed E-state index contributed by atoms with van der Waals surface area (Å²) in [5.41, 5.74) is 0.621. The van der Waals surface area contributed by atoms with Crippen LogP contribution in [0.3, 0.4) is 0 Å². The Morgan fingerprint density at radius 2 is 2.50 bits per heavy atom. The number of carbonyl (C=O) groups excluding carboxylic acids is 1. The van der Waals surface area contributed by atoms with Crippen molar-refractivity contribution in [3.05, 3.63) is 41.2 Å². The first-order valence-electron chi connectivity index (χ1n) is 4.82. The smallest absolute Gasteiger partial charge is 0.251 e. The van der Waals surface area contributed by atoms with E-state index in [4.69, 9.17) is 0 Å². The fourth-order valence-corrected chi connectivity index (χ4v) is 1.99. The molecule has 0 saturated carbocycles. The van der Waals surface area contributed by atoms with Crippen molar-refractivity contribution in [3.63, 3.8) is 0 Å². The first-order chi connectivity index (χ1) is 7.74. The molecule has 86 valence electrons. The summed E-state index contributed by atoms with van der Waals surface area (Å²) in [4.78, 5) is 15.6. The predicted molar refractivity (Wildman–Crippen MR) is 71.8 cm³/mol. The summed E-state index contributed by atoms with van der Waals surface area (Å²) in [6, 6.07) is 3.39. The van der Waals surface area contributed by atoms with E-state index in [1.165, 1.54) is 0 Å². The van der Waals surface area contributed by atoms with Crippen LogP contribution in [0.15, 0.2) is 35.6 Å². The topological polar surface area (TPSA) is 42.0 Å². The lowest BCUT2D eigenvalue weighted by molar-refractivity contribution is 0.0956. The molecule has 1 rings (SSSR count). The van der Waals surface area contributed by atoms with Gasteiger partial charge in [0.2, 0.25) is 0 Å². The molecule has 0 radical (unpaired) electrons. The summed E-state index contributed by atoms with van der Waals surface area (Å²) in [6.45, 7) is 4.29. The van der Waals surface area contributed by atoms with E-state index < -0.39 is 0 Å². The van der Waals surface area contributed by atoms with Crippen LogP contribution < -0.4 is 5.32 Å². The van der Waals surface area contributed by atoms with Crippen LogP contribution >= 0.6 is 27.7 Å². The molecule has 1 amide bonds. The summed E-state index contributed by atoms with van der Waals surface area (Å²) >= 11 is 4.97. The highest BCUT2D eigenvalue weighted by atomic mass is 79.9. The Bertz CT molecular complexity index is 371. The van der Waals surface area contributed by atoms with Gasteiger partial charge in [-0.3, -0.25) is 4.79 Å². The molecule has 1 heterocycles. The third-order valence-electron chi connectivity index (χ3n) is 1.76. The molecule has 0 saturated heterocycles. The molecular weight excluding hydrogens is 288 g/mol. The number of aromatic nitrogens is 1. The van der Waals surface area contributed by atoms with Gasteiger partial charge < -0.3 is 5.32 Å². The zero-order chi connectivity index (χ0) is 11.8. The summed E-state index contributed by atoms with van der Waals surface area (Å²) < 4.78 is 0.668. The van der Waals surface area contributed by atoms with Crippen LogP contribution in [-0.2, 0) is 0 Å². The van der Waals surface area contributed by atoms with Gasteiger partial charge in [-0.25, -0.2) is 4.98 Å². The number of amides is 1. The van der Waals surface area contributed by atoms with Crippen molar-refractivity contribution in [2.45, 2.75) is 0 Å². The maximum Gasteiger partial charge on any atom is 0.251 e. The summed E-state index contributed by atoms with van der Waals surface area (Å²) in [7, 11) is 0. The van der Waals surface area contributed by atoms with Crippen molar-refractivity contribution in [2.24, 2.45) is 0 Å². The maximum atomic E-state index is 11.6. The molecule has 1 aromatic heterocycles. The normalized spacial score (nSPS) is 9.81. The van der Waals surface area contributed by atoms with Gasteiger partial charge in [0.25, 0.3) is 5.91 Å². The molecule has 0 bridgehead atoms. The van der Waals surface area contributed by atoms with E-state index in [-0.39, 0.29) is 5.91 Å². The molecule has 0 spiro atoms. The highest BCUT2D eigenvalue weighted by Gasteiger charge is 2.04. The van der Waals surface area contributed by atoms with Crippen molar-refractivity contribution in [2.75, 3.05) is 18.1 Å². The number of rotatable bonds is 6. The number of nitrogens with zero attached hydrogens (tertiary/aromatic N) is 1. The maximum absolute atomic E-state index is 11.6. The van der Waals surface area contributed by atoms with E-state index in [9.17, 15) is 4.79 Å². The largest absolute Gasteiger partial charge is 0.351 e. The third kappa shape index (κ3) is 4.81. The lowest BCUT2D eigenvalue weighted by atomic mass is 10.2. The Morgan fingerprint density at radius 3 is 3.19 bits per heavy atom. The molecule has 5 heteroatoms. The lowest BCUT2D eigenvalue weighted by Crippen LogP contribution is -2.25. The van der Waals surface area contributed by atoms with E-state index in [0.29, 0.717) is 16.7 Å². The molecular formula is C11H13BrN2OS. The van der Waals surface area contributed by atoms with Crippen LogP contribution in [0.1, 0.15) is 10.4 Å². The second-order valence-corrected chi connectivity index (χ2v) is 4.95. The molecule has 3 nitrogen and oxygen atoms in total. The molecule has 16 heavy (non-hydrogen) atoms. The van der Waals surface area contributed by atoms with Crippen molar-refractivity contribution in [1.29, 1.82) is 0 Å². The number of pyridine rings is 1. The van der Waals surface area contributed by atoms with Crippen molar-refractivity contribution < 1.29 is 4.79 Å². The van der Waals surface area contributed by atoms with Crippen molar-refractivity contribution >= 4 is 33.6 Å². The Hall–Kier alpha value is -0.810. The van der Waals surface area contributed by atoms with Crippen LogP contribution in [0.25, 0.3) is 0 Å². The molecule has 1 N–H and O–H groups in total. The van der Waals surface area contributed by atoms with Crippen LogP contribution in [-0.4, -0.2) is 28.9 Å². The van der Waals surface area contributed by atoms with Crippen molar-refractivity contribution in [1.82, 2.24) is 10.3 Å². The van der Waals surface area contributed by atoms with Gasteiger partial charge in [-0.15, -0.1) is 6.58 Å². The molecule has 0 fully saturated rings. The fourth-order valence-electron chi connectivity index (χ4n) is 1.05. The van der Waals surface area contributed by atoms with E-state index in [2.05, 4.69) is 32.8 Å². The van der Waals surface area contributed by atoms with Gasteiger partial charge in [0.1, 0.15) is 4.60 Å². The number of halogens is 1. The highest BCUT2D eigenvalue weighted by molar-refractivity contribution is 9.10. The second-order valence-electron chi connectivity index (χ2n) is 2.99. The highest BCUT2D eigenvalue weighted by Crippen LogP contribution is 2.07. The summed E-state index contributed by atoms with van der Waals surface area (Å²) in [5, 5.41) is 2.84. The number of hydrogen-bond acceptors (Lipinski definition) is 3. The Morgan fingerprint density at radius 1 is 1.69 bits per heavy atom. The van der Waals surface area contributed by atoms with Gasteiger partial charge in [-0.1, -0.05) is 6.08 Å². The minimum Gasteiger partial charge on any atom is -0.351 e. The zero-order valence-corrected chi connectivity index (χ0v) is 11.2. The molecule has 0 aliphatic carbocycles. The van der Waals surface area contributed by atoms with Gasteiger partial charge >= 0.3 is 0 Å². The number of thioether (sulfide) groups is 1. The van der Waals surface area contributed by atoms with Gasteiger partial charge in [0.05, 0.1) is 0 Å². The standard InChI is InChI=1S/C11H13BrN2OS/c1-2-6-16-7-5-14-11(15)9-3-4-13-10(12)8-9/h2-4,8H,1,5-7H2,(H,14,15). The Labute approximate surface area is 108 Å². The zero-order valence-electron chi connectivity index (χ0n) is 8.78. The van der Waals surface area contributed by atoms with Gasteiger partial charge in [-0.2, -0.15) is 11.8 Å². The van der Waals surface area contributed by atoms with E-state index in [1.54, 1.807) is 30.1 Å². The number of carbonyl (C=O) groups is 1. The first-order valence-corrected chi connectivity index (χ1v) is 6.77. The third-order valence-corrected chi connectivity index (χ3v) is 3.15.